The second-order valence-corrected chi connectivity index (χ2v) is 4.35. The molecule has 0 fully saturated rings. The predicted molar refractivity (Wildman–Crippen MR) is 72.0 cm³/mol. The Bertz CT molecular complexity index is 500. The molecule has 1 atom stereocenters. The van der Waals surface area contributed by atoms with E-state index in [2.05, 4.69) is 35.3 Å². The molecule has 2 aromatic rings. The van der Waals surface area contributed by atoms with Crippen molar-refractivity contribution in [2.45, 2.75) is 25.2 Å². The Hall–Kier alpha value is -2.14. The minimum absolute atomic E-state index is 0.0394. The summed E-state index contributed by atoms with van der Waals surface area (Å²) in [6.07, 6.45) is 6.46. The van der Waals surface area contributed by atoms with E-state index in [1.807, 2.05) is 18.2 Å². The zero-order chi connectivity index (χ0) is 12.6. The van der Waals surface area contributed by atoms with Crippen LogP contribution in [0.5, 0.6) is 0 Å². The first kappa shape index (κ1) is 12.3. The summed E-state index contributed by atoms with van der Waals surface area (Å²) in [5.74, 6) is -0.0394. The summed E-state index contributed by atoms with van der Waals surface area (Å²) in [5.41, 5.74) is 2.36. The lowest BCUT2D eigenvalue weighted by Gasteiger charge is -2.08. The van der Waals surface area contributed by atoms with Gasteiger partial charge in [0.15, 0.2) is 0 Å². The second kappa shape index (κ2) is 6.56. The molecule has 1 aromatic carbocycles. The van der Waals surface area contributed by atoms with Crippen LogP contribution in [0.15, 0.2) is 54.9 Å². The van der Waals surface area contributed by atoms with Crippen LogP contribution in [-0.2, 0) is 6.42 Å². The third-order valence-corrected chi connectivity index (χ3v) is 3.04. The van der Waals surface area contributed by atoms with E-state index in [1.165, 1.54) is 5.56 Å². The molecule has 1 aromatic heterocycles. The SMILES string of the molecule is N#CC(CCCc1ccccc1)c1cccnc1. The van der Waals surface area contributed by atoms with Gasteiger partial charge in [0, 0.05) is 12.4 Å². The molecule has 2 nitrogen and oxygen atoms in total. The van der Waals surface area contributed by atoms with Crippen molar-refractivity contribution < 1.29 is 0 Å². The Morgan fingerprint density at radius 2 is 1.94 bits per heavy atom. The van der Waals surface area contributed by atoms with Gasteiger partial charge < -0.3 is 0 Å². The summed E-state index contributed by atoms with van der Waals surface area (Å²) in [6.45, 7) is 0. The van der Waals surface area contributed by atoms with Crippen molar-refractivity contribution in [3.05, 3.63) is 66.0 Å². The molecule has 0 radical (unpaired) electrons. The van der Waals surface area contributed by atoms with Crippen molar-refractivity contribution >= 4 is 0 Å². The van der Waals surface area contributed by atoms with E-state index in [4.69, 9.17) is 0 Å². The smallest absolute Gasteiger partial charge is 0.0727 e. The summed E-state index contributed by atoms with van der Waals surface area (Å²) in [6, 6.07) is 16.6. The molecule has 0 aliphatic heterocycles. The summed E-state index contributed by atoms with van der Waals surface area (Å²) in [7, 11) is 0. The molecule has 0 saturated heterocycles. The molecule has 0 aliphatic carbocycles. The number of nitriles is 1. The highest BCUT2D eigenvalue weighted by molar-refractivity contribution is 5.21. The molecule has 0 N–H and O–H groups in total. The van der Waals surface area contributed by atoms with Crippen molar-refractivity contribution in [1.29, 1.82) is 5.26 Å². The topological polar surface area (TPSA) is 36.7 Å². The third kappa shape index (κ3) is 3.43. The van der Waals surface area contributed by atoms with Crippen molar-refractivity contribution in [3.8, 4) is 6.07 Å². The van der Waals surface area contributed by atoms with Gasteiger partial charge in [0.2, 0.25) is 0 Å². The average Bonchev–Trinajstić information content (AvgIpc) is 2.46. The van der Waals surface area contributed by atoms with Gasteiger partial charge in [0.1, 0.15) is 0 Å². The number of benzene rings is 1. The molecule has 0 saturated carbocycles. The average molecular weight is 236 g/mol. The maximum Gasteiger partial charge on any atom is 0.0727 e. The number of aromatic nitrogens is 1. The van der Waals surface area contributed by atoms with Crippen molar-refractivity contribution in [3.63, 3.8) is 0 Å². The number of rotatable bonds is 5. The van der Waals surface area contributed by atoms with Crippen molar-refractivity contribution in [2.75, 3.05) is 0 Å². The van der Waals surface area contributed by atoms with Crippen LogP contribution in [0.1, 0.15) is 29.9 Å². The minimum atomic E-state index is -0.0394. The molecule has 1 heterocycles. The quantitative estimate of drug-likeness (QED) is 0.793. The largest absolute Gasteiger partial charge is 0.264 e. The Kier molecular flexibility index (Phi) is 4.49. The third-order valence-electron chi connectivity index (χ3n) is 3.04. The zero-order valence-corrected chi connectivity index (χ0v) is 10.3. The summed E-state index contributed by atoms with van der Waals surface area (Å²) >= 11 is 0. The molecule has 90 valence electrons. The molecule has 2 heteroatoms. The molecule has 0 bridgehead atoms. The van der Waals surface area contributed by atoms with Crippen LogP contribution in [0.3, 0.4) is 0 Å². The standard InChI is InChI=1S/C16H16N2/c17-12-15(16-10-5-11-18-13-16)9-4-8-14-6-2-1-3-7-14/h1-3,5-7,10-11,13,15H,4,8-9H2. The van der Waals surface area contributed by atoms with Crippen molar-refractivity contribution in [2.24, 2.45) is 0 Å². The van der Waals surface area contributed by atoms with Gasteiger partial charge in [-0.05, 0) is 36.5 Å². The monoisotopic (exact) mass is 236 g/mol. The molecule has 0 aliphatic rings. The summed E-state index contributed by atoms with van der Waals surface area (Å²) in [4.78, 5) is 4.07. The maximum absolute atomic E-state index is 9.20. The van der Waals surface area contributed by atoms with Crippen LogP contribution < -0.4 is 0 Å². The van der Waals surface area contributed by atoms with Gasteiger partial charge in [-0.2, -0.15) is 5.26 Å². The van der Waals surface area contributed by atoms with E-state index in [-0.39, 0.29) is 5.92 Å². The van der Waals surface area contributed by atoms with Gasteiger partial charge >= 0.3 is 0 Å². The van der Waals surface area contributed by atoms with E-state index in [9.17, 15) is 5.26 Å². The second-order valence-electron chi connectivity index (χ2n) is 4.35. The Labute approximate surface area is 108 Å². The normalized spacial score (nSPS) is 11.7. The van der Waals surface area contributed by atoms with E-state index < -0.39 is 0 Å². The Morgan fingerprint density at radius 1 is 1.11 bits per heavy atom. The number of nitrogens with zero attached hydrogens (tertiary/aromatic N) is 2. The van der Waals surface area contributed by atoms with Gasteiger partial charge in [0.05, 0.1) is 12.0 Å². The number of hydrogen-bond donors (Lipinski definition) is 0. The molecular weight excluding hydrogens is 220 g/mol. The lowest BCUT2D eigenvalue weighted by atomic mass is 9.95. The lowest BCUT2D eigenvalue weighted by Crippen LogP contribution is -1.97. The highest BCUT2D eigenvalue weighted by Gasteiger charge is 2.09. The Balaban J connectivity index is 1.88. The highest BCUT2D eigenvalue weighted by Crippen LogP contribution is 2.20. The van der Waals surface area contributed by atoms with Gasteiger partial charge in [-0.25, -0.2) is 0 Å². The number of pyridine rings is 1. The van der Waals surface area contributed by atoms with Gasteiger partial charge in [-0.1, -0.05) is 36.4 Å². The molecule has 0 amide bonds. The molecule has 2 rings (SSSR count). The first-order valence-corrected chi connectivity index (χ1v) is 6.23. The fourth-order valence-corrected chi connectivity index (χ4v) is 2.04. The predicted octanol–water partition coefficient (Wildman–Crippen LogP) is 3.71. The molecule has 1 unspecified atom stereocenters. The maximum atomic E-state index is 9.20. The van der Waals surface area contributed by atoms with Crippen LogP contribution in [0, 0.1) is 11.3 Å². The molecule has 18 heavy (non-hydrogen) atoms. The van der Waals surface area contributed by atoms with Crippen LogP contribution >= 0.6 is 0 Å². The van der Waals surface area contributed by atoms with Crippen molar-refractivity contribution in [1.82, 2.24) is 4.98 Å². The lowest BCUT2D eigenvalue weighted by molar-refractivity contribution is 0.682. The van der Waals surface area contributed by atoms with Gasteiger partial charge in [0.25, 0.3) is 0 Å². The van der Waals surface area contributed by atoms with E-state index in [0.29, 0.717) is 0 Å². The van der Waals surface area contributed by atoms with Crippen LogP contribution in [0.25, 0.3) is 0 Å². The van der Waals surface area contributed by atoms with Crippen LogP contribution in [-0.4, -0.2) is 4.98 Å². The van der Waals surface area contributed by atoms with Gasteiger partial charge in [-0.3, -0.25) is 4.98 Å². The fraction of sp³-hybridized carbons (Fsp3) is 0.250. The van der Waals surface area contributed by atoms with E-state index >= 15 is 0 Å². The molecular formula is C16H16N2. The first-order chi connectivity index (χ1) is 8.90. The van der Waals surface area contributed by atoms with E-state index in [1.54, 1.807) is 12.4 Å². The van der Waals surface area contributed by atoms with Gasteiger partial charge in [-0.15, -0.1) is 0 Å². The summed E-state index contributed by atoms with van der Waals surface area (Å²) < 4.78 is 0. The summed E-state index contributed by atoms with van der Waals surface area (Å²) in [5, 5.41) is 9.20. The fourth-order valence-electron chi connectivity index (χ4n) is 2.04. The number of hydrogen-bond acceptors (Lipinski definition) is 2. The van der Waals surface area contributed by atoms with Crippen LogP contribution in [0.2, 0.25) is 0 Å². The number of aryl methyl sites for hydroxylation is 1. The van der Waals surface area contributed by atoms with Crippen LogP contribution in [0.4, 0.5) is 0 Å². The zero-order valence-electron chi connectivity index (χ0n) is 10.3. The molecule has 0 spiro atoms. The highest BCUT2D eigenvalue weighted by atomic mass is 14.6. The first-order valence-electron chi connectivity index (χ1n) is 6.23. The van der Waals surface area contributed by atoms with E-state index in [0.717, 1.165) is 24.8 Å². The minimum Gasteiger partial charge on any atom is -0.264 e. The Morgan fingerprint density at radius 3 is 2.61 bits per heavy atom.